The third kappa shape index (κ3) is 4.81. The number of nitrogens with zero attached hydrogens (tertiary/aromatic N) is 1. The predicted molar refractivity (Wildman–Crippen MR) is 92.8 cm³/mol. The summed E-state index contributed by atoms with van der Waals surface area (Å²) in [5.41, 5.74) is -0.665. The number of phosphoric acid groups is 1. The molecule has 3 atom stereocenters. The third-order valence-corrected chi connectivity index (χ3v) is 5.50. The zero-order valence-corrected chi connectivity index (χ0v) is 15.4. The summed E-state index contributed by atoms with van der Waals surface area (Å²) in [4.78, 5) is 35.4. The Hall–Kier alpha value is -1.51. The van der Waals surface area contributed by atoms with Gasteiger partial charge in [0, 0.05) is 11.8 Å². The van der Waals surface area contributed by atoms with E-state index in [4.69, 9.17) is 13.8 Å². The highest BCUT2D eigenvalue weighted by Gasteiger charge is 2.30. The van der Waals surface area contributed by atoms with E-state index in [0.29, 0.717) is 5.56 Å². The molecule has 1 aliphatic carbocycles. The Labute approximate surface area is 150 Å². The van der Waals surface area contributed by atoms with Gasteiger partial charge in [-0.1, -0.05) is 25.3 Å². The molecule has 3 rings (SSSR count). The molecule has 1 unspecified atom stereocenters. The van der Waals surface area contributed by atoms with Crippen molar-refractivity contribution in [2.45, 2.75) is 57.5 Å². The van der Waals surface area contributed by atoms with Crippen LogP contribution in [0, 0.1) is 6.92 Å². The van der Waals surface area contributed by atoms with Crippen LogP contribution < -0.4 is 11.2 Å². The van der Waals surface area contributed by atoms with Crippen LogP contribution in [-0.2, 0) is 18.3 Å². The van der Waals surface area contributed by atoms with Gasteiger partial charge in [-0.05, 0) is 25.8 Å². The van der Waals surface area contributed by atoms with E-state index in [2.05, 4.69) is 4.98 Å². The lowest BCUT2D eigenvalue weighted by Gasteiger charge is -2.24. The normalized spacial score (nSPS) is 26.1. The first-order valence-electron chi connectivity index (χ1n) is 8.66. The molecule has 10 heteroatoms. The number of aromatic nitrogens is 2. The van der Waals surface area contributed by atoms with Crippen LogP contribution in [0.1, 0.15) is 43.9 Å². The Kier molecular flexibility index (Phi) is 5.94. The van der Waals surface area contributed by atoms with Crippen LogP contribution >= 0.6 is 7.82 Å². The molecule has 144 valence electrons. The lowest BCUT2D eigenvalue weighted by Crippen LogP contribution is -2.33. The molecule has 0 aromatic carbocycles. The van der Waals surface area contributed by atoms with Crippen LogP contribution in [0.15, 0.2) is 27.9 Å². The molecule has 1 aliphatic heterocycles. The zero-order valence-electron chi connectivity index (χ0n) is 14.5. The van der Waals surface area contributed by atoms with E-state index in [1.54, 1.807) is 19.1 Å². The minimum Gasteiger partial charge on any atom is -0.344 e. The molecular formula is C16H23N2O7P. The number of hydrogen-bond acceptors (Lipinski definition) is 6. The second kappa shape index (κ2) is 8.02. The first-order chi connectivity index (χ1) is 12.3. The molecule has 0 saturated heterocycles. The maximum Gasteiger partial charge on any atom is 0.472 e. The van der Waals surface area contributed by atoms with Gasteiger partial charge in [-0.25, -0.2) is 9.36 Å². The lowest BCUT2D eigenvalue weighted by molar-refractivity contribution is -0.0159. The molecule has 2 N–H and O–H groups in total. The van der Waals surface area contributed by atoms with E-state index in [9.17, 15) is 19.0 Å². The fourth-order valence-corrected chi connectivity index (χ4v) is 4.06. The maximum absolute atomic E-state index is 12.1. The Morgan fingerprint density at radius 2 is 2.04 bits per heavy atom. The number of ether oxygens (including phenoxy) is 1. The molecule has 1 fully saturated rings. The van der Waals surface area contributed by atoms with Gasteiger partial charge in [-0.15, -0.1) is 0 Å². The summed E-state index contributed by atoms with van der Waals surface area (Å²) in [5.74, 6) is 0. The van der Waals surface area contributed by atoms with Crippen LogP contribution in [0.25, 0.3) is 0 Å². The SMILES string of the molecule is Cc1cn([C@H]2C=C[C@@H](COP(=O)(O)OC3CCCCC3)O2)c(=O)[nH]c1=O. The van der Waals surface area contributed by atoms with Crippen molar-refractivity contribution in [1.29, 1.82) is 0 Å². The Morgan fingerprint density at radius 1 is 1.31 bits per heavy atom. The zero-order chi connectivity index (χ0) is 18.7. The molecular weight excluding hydrogens is 363 g/mol. The van der Waals surface area contributed by atoms with Gasteiger partial charge in [0.1, 0.15) is 6.10 Å². The Morgan fingerprint density at radius 3 is 2.77 bits per heavy atom. The topological polar surface area (TPSA) is 120 Å². The first kappa shape index (κ1) is 19.3. The van der Waals surface area contributed by atoms with Crippen molar-refractivity contribution in [3.63, 3.8) is 0 Å². The van der Waals surface area contributed by atoms with Gasteiger partial charge in [0.05, 0.1) is 12.7 Å². The smallest absolute Gasteiger partial charge is 0.344 e. The molecule has 0 amide bonds. The number of H-pyrrole nitrogens is 1. The third-order valence-electron chi connectivity index (χ3n) is 4.46. The molecule has 0 radical (unpaired) electrons. The Balaban J connectivity index is 1.54. The summed E-state index contributed by atoms with van der Waals surface area (Å²) < 4.78 is 29.2. The summed E-state index contributed by atoms with van der Waals surface area (Å²) in [7, 11) is -4.16. The van der Waals surface area contributed by atoms with Crippen molar-refractivity contribution in [3.8, 4) is 0 Å². The summed E-state index contributed by atoms with van der Waals surface area (Å²) in [6, 6.07) is 0. The highest BCUT2D eigenvalue weighted by molar-refractivity contribution is 7.47. The van der Waals surface area contributed by atoms with Crippen LogP contribution in [-0.4, -0.2) is 33.3 Å². The number of phosphoric ester groups is 1. The standard InChI is InChI=1S/C16H23N2O7P/c1-11-9-18(16(20)17-15(11)19)14-8-7-13(24-14)10-23-26(21,22)25-12-5-3-2-4-6-12/h7-9,12-14H,2-6,10H2,1H3,(H,21,22)(H,17,19,20)/t13-,14+/m0/s1. The van der Waals surface area contributed by atoms with E-state index in [0.717, 1.165) is 32.1 Å². The number of aryl methyl sites for hydroxylation is 1. The van der Waals surface area contributed by atoms with Gasteiger partial charge < -0.3 is 9.63 Å². The fourth-order valence-electron chi connectivity index (χ4n) is 3.07. The number of nitrogens with one attached hydrogen (secondary N) is 1. The molecule has 1 aromatic heterocycles. The second-order valence-electron chi connectivity index (χ2n) is 6.56. The molecule has 9 nitrogen and oxygen atoms in total. The highest BCUT2D eigenvalue weighted by Crippen LogP contribution is 2.47. The summed E-state index contributed by atoms with van der Waals surface area (Å²) in [6.07, 6.45) is 7.67. The van der Waals surface area contributed by atoms with E-state index < -0.39 is 31.4 Å². The summed E-state index contributed by atoms with van der Waals surface area (Å²) in [6.45, 7) is 1.41. The van der Waals surface area contributed by atoms with Crippen LogP contribution in [0.4, 0.5) is 0 Å². The van der Waals surface area contributed by atoms with E-state index >= 15 is 0 Å². The van der Waals surface area contributed by atoms with Gasteiger partial charge in [-0.3, -0.25) is 23.4 Å². The number of rotatable bonds is 6. The summed E-state index contributed by atoms with van der Waals surface area (Å²) >= 11 is 0. The molecule has 1 aromatic rings. The van der Waals surface area contributed by atoms with Crippen LogP contribution in [0.5, 0.6) is 0 Å². The fraction of sp³-hybridized carbons (Fsp3) is 0.625. The minimum absolute atomic E-state index is 0.176. The molecule has 26 heavy (non-hydrogen) atoms. The average molecular weight is 386 g/mol. The average Bonchev–Trinajstić information content (AvgIpc) is 3.06. The largest absolute Gasteiger partial charge is 0.472 e. The quantitative estimate of drug-likeness (QED) is 0.565. The van der Waals surface area contributed by atoms with Gasteiger partial charge in [0.25, 0.3) is 5.56 Å². The maximum atomic E-state index is 12.1. The van der Waals surface area contributed by atoms with Gasteiger partial charge in [0.15, 0.2) is 6.23 Å². The van der Waals surface area contributed by atoms with Crippen molar-refractivity contribution in [3.05, 3.63) is 44.8 Å². The van der Waals surface area contributed by atoms with Gasteiger partial charge in [-0.2, -0.15) is 0 Å². The summed E-state index contributed by atoms with van der Waals surface area (Å²) in [5, 5.41) is 0. The highest BCUT2D eigenvalue weighted by atomic mass is 31.2. The van der Waals surface area contributed by atoms with E-state index in [1.165, 1.54) is 10.8 Å². The molecule has 2 aliphatic rings. The van der Waals surface area contributed by atoms with E-state index in [-0.39, 0.29) is 12.7 Å². The lowest BCUT2D eigenvalue weighted by atomic mass is 9.98. The van der Waals surface area contributed by atoms with Crippen molar-refractivity contribution in [1.82, 2.24) is 9.55 Å². The molecule has 0 spiro atoms. The van der Waals surface area contributed by atoms with Gasteiger partial charge in [0.2, 0.25) is 0 Å². The minimum atomic E-state index is -4.16. The molecule has 0 bridgehead atoms. The van der Waals surface area contributed by atoms with Crippen molar-refractivity contribution >= 4 is 7.82 Å². The predicted octanol–water partition coefficient (Wildman–Crippen LogP) is 1.76. The van der Waals surface area contributed by atoms with Crippen molar-refractivity contribution in [2.24, 2.45) is 0 Å². The second-order valence-corrected chi connectivity index (χ2v) is 7.96. The van der Waals surface area contributed by atoms with Crippen LogP contribution in [0.3, 0.4) is 0 Å². The molecule has 2 heterocycles. The Bertz CT molecular complexity index is 825. The number of hydrogen-bond donors (Lipinski definition) is 2. The van der Waals surface area contributed by atoms with Crippen molar-refractivity contribution < 1.29 is 23.2 Å². The molecule has 1 saturated carbocycles. The number of aromatic amines is 1. The first-order valence-corrected chi connectivity index (χ1v) is 10.2. The monoisotopic (exact) mass is 386 g/mol. The van der Waals surface area contributed by atoms with E-state index in [1.807, 2.05) is 0 Å². The van der Waals surface area contributed by atoms with Crippen molar-refractivity contribution in [2.75, 3.05) is 6.61 Å². The van der Waals surface area contributed by atoms with Gasteiger partial charge >= 0.3 is 13.5 Å². The van der Waals surface area contributed by atoms with Crippen LogP contribution in [0.2, 0.25) is 0 Å².